The quantitative estimate of drug-likeness (QED) is 0.104. The number of phenolic OH excluding ortho intramolecular Hbond substituents is 1. The monoisotopic (exact) mass is 850 g/mol. The van der Waals surface area contributed by atoms with Gasteiger partial charge in [-0.25, -0.2) is 24.5 Å². The molecule has 62 heavy (non-hydrogen) atoms. The number of rotatable bonds is 14. The van der Waals surface area contributed by atoms with Gasteiger partial charge < -0.3 is 28.9 Å². The van der Waals surface area contributed by atoms with E-state index >= 15 is 0 Å². The maximum Gasteiger partial charge on any atom is 0.530 e. The number of hydrogen-bond acceptors (Lipinski definition) is 13. The van der Waals surface area contributed by atoms with Crippen LogP contribution < -0.4 is 23.8 Å². The first-order valence-electron chi connectivity index (χ1n) is 19.6. The number of phosphoric acid groups is 1. The Hall–Kier alpha value is -7.05. The first-order valence-corrected chi connectivity index (χ1v) is 21.1. The van der Waals surface area contributed by atoms with Crippen LogP contribution in [0.5, 0.6) is 23.0 Å². The number of phenols is 1. The van der Waals surface area contributed by atoms with Gasteiger partial charge in [0.2, 0.25) is 0 Å². The number of ether oxygens (including phenoxy) is 2. The molecule has 2 aromatic heterocycles. The molecule has 14 heteroatoms. The maximum atomic E-state index is 14.0. The predicted molar refractivity (Wildman–Crippen MR) is 244 cm³/mol. The largest absolute Gasteiger partial charge is 0.530 e. The lowest BCUT2D eigenvalue weighted by Crippen LogP contribution is -2.12. The van der Waals surface area contributed by atoms with E-state index in [9.17, 15) is 9.67 Å². The van der Waals surface area contributed by atoms with Gasteiger partial charge in [0.1, 0.15) is 34.6 Å². The number of aromatic nitrogens is 4. The molecule has 0 bridgehead atoms. The molecule has 2 heterocycles. The van der Waals surface area contributed by atoms with E-state index in [1.54, 1.807) is 44.6 Å². The minimum Gasteiger partial charge on any atom is -0.507 e. The highest BCUT2D eigenvalue weighted by molar-refractivity contribution is 7.48. The summed E-state index contributed by atoms with van der Waals surface area (Å²) < 4.78 is 42.5. The molecule has 0 atom stereocenters. The van der Waals surface area contributed by atoms with Crippen LogP contribution in [0.15, 0.2) is 146 Å². The van der Waals surface area contributed by atoms with Gasteiger partial charge in [-0.1, -0.05) is 84.9 Å². The van der Waals surface area contributed by atoms with Crippen LogP contribution in [0.25, 0.3) is 44.6 Å². The van der Waals surface area contributed by atoms with Crippen molar-refractivity contribution < 1.29 is 32.7 Å². The van der Waals surface area contributed by atoms with Crippen molar-refractivity contribution in [3.8, 4) is 45.8 Å². The fraction of sp³-hybridized carbons (Fsp3) is 0.167. The fourth-order valence-electron chi connectivity index (χ4n) is 6.42. The summed E-state index contributed by atoms with van der Waals surface area (Å²) in [5.74, 6) is 4.32. The highest BCUT2D eigenvalue weighted by atomic mass is 31.2. The van der Waals surface area contributed by atoms with Crippen molar-refractivity contribution in [1.82, 2.24) is 19.9 Å². The van der Waals surface area contributed by atoms with Gasteiger partial charge in [0, 0.05) is 39.0 Å². The van der Waals surface area contributed by atoms with Crippen LogP contribution in [0.1, 0.15) is 11.1 Å². The molecule has 8 aromatic rings. The van der Waals surface area contributed by atoms with Gasteiger partial charge in [0.05, 0.1) is 49.6 Å². The molecule has 0 saturated heterocycles. The van der Waals surface area contributed by atoms with Crippen molar-refractivity contribution >= 4 is 41.3 Å². The highest BCUT2D eigenvalue weighted by Gasteiger charge is 2.31. The van der Waals surface area contributed by atoms with Crippen LogP contribution in [0.3, 0.4) is 0 Å². The maximum absolute atomic E-state index is 14.0. The second-order valence-corrected chi connectivity index (χ2v) is 16.0. The molecule has 1 N–H and O–H groups in total. The minimum atomic E-state index is -4.09. The van der Waals surface area contributed by atoms with E-state index in [0.717, 1.165) is 44.5 Å². The lowest BCUT2D eigenvalue weighted by molar-refractivity contribution is 0.143. The zero-order valence-corrected chi connectivity index (χ0v) is 36.2. The summed E-state index contributed by atoms with van der Waals surface area (Å²) in [5.41, 5.74) is 4.38. The van der Waals surface area contributed by atoms with E-state index in [0.29, 0.717) is 34.3 Å². The van der Waals surface area contributed by atoms with Gasteiger partial charge in [-0.3, -0.25) is 9.05 Å². The Morgan fingerprint density at radius 3 is 1.44 bits per heavy atom. The molecule has 316 valence electrons. The van der Waals surface area contributed by atoms with E-state index in [1.807, 2.05) is 153 Å². The first kappa shape index (κ1) is 43.1. The van der Waals surface area contributed by atoms with Gasteiger partial charge in [0.25, 0.3) is 0 Å². The molecule has 0 aliphatic rings. The number of para-hydroxylation sites is 2. The summed E-state index contributed by atoms with van der Waals surface area (Å²) in [5, 5.41) is 11.8. The third kappa shape index (κ3) is 10.3. The average Bonchev–Trinajstić information content (AvgIpc) is 3.30. The van der Waals surface area contributed by atoms with Crippen molar-refractivity contribution in [1.29, 1.82) is 0 Å². The Kier molecular flexibility index (Phi) is 13.6. The molecule has 0 amide bonds. The average molecular weight is 851 g/mol. The zero-order valence-electron chi connectivity index (χ0n) is 35.3. The number of hydrogen-bond donors (Lipinski definition) is 1. The summed E-state index contributed by atoms with van der Waals surface area (Å²) in [4.78, 5) is 22.6. The standard InChI is InChI=1S/C31H30N3O5P.C17H17N3O2/c1-34(2)31-27-20-25(36-3)18-19-28(27)32-30(33-31)26-16-10-11-17-29(26)39-40(35,37-21-23-12-6-4-7-13-23)38-22-24-14-8-5-9-15-24;1-20(2)17-13-10-11(22-3)8-9-14(13)18-16(19-17)12-6-4-5-7-15(12)21/h4-20H,21-22H2,1-3H3;4-10,21H,1-3H3. The third-order valence-electron chi connectivity index (χ3n) is 9.56. The second-order valence-electron chi connectivity index (χ2n) is 14.4. The number of aromatic hydroxyl groups is 1. The topological polar surface area (TPSA) is 141 Å². The molecule has 0 aliphatic carbocycles. The van der Waals surface area contributed by atoms with Crippen molar-refractivity contribution in [2.45, 2.75) is 13.2 Å². The lowest BCUT2D eigenvalue weighted by atomic mass is 10.1. The number of nitrogens with zero attached hydrogens (tertiary/aromatic N) is 6. The minimum absolute atomic E-state index is 0.0498. The van der Waals surface area contributed by atoms with E-state index in [1.165, 1.54) is 0 Å². The van der Waals surface area contributed by atoms with Gasteiger partial charge in [0.15, 0.2) is 11.6 Å². The number of anilines is 2. The zero-order chi connectivity index (χ0) is 43.6. The Balaban J connectivity index is 0.000000221. The van der Waals surface area contributed by atoms with Crippen molar-refractivity contribution in [3.05, 3.63) is 157 Å². The lowest BCUT2D eigenvalue weighted by Gasteiger charge is -2.21. The Labute approximate surface area is 360 Å². The van der Waals surface area contributed by atoms with Crippen molar-refractivity contribution in [3.63, 3.8) is 0 Å². The first-order chi connectivity index (χ1) is 30.0. The number of benzene rings is 6. The molecule has 0 unspecified atom stereocenters. The van der Waals surface area contributed by atoms with Crippen LogP contribution in [-0.4, -0.2) is 67.5 Å². The molecule has 0 aliphatic heterocycles. The Bertz CT molecular complexity index is 2780. The second kappa shape index (κ2) is 19.6. The molecule has 6 aromatic carbocycles. The Morgan fingerprint density at radius 2 is 0.968 bits per heavy atom. The molecule has 8 rings (SSSR count). The van der Waals surface area contributed by atoms with Crippen LogP contribution in [0, 0.1) is 0 Å². The number of phosphoric ester groups is 1. The molecule has 0 saturated carbocycles. The fourth-order valence-corrected chi connectivity index (χ4v) is 7.61. The van der Waals surface area contributed by atoms with Crippen LogP contribution in [0.4, 0.5) is 11.6 Å². The summed E-state index contributed by atoms with van der Waals surface area (Å²) in [6, 6.07) is 44.4. The van der Waals surface area contributed by atoms with Crippen LogP contribution >= 0.6 is 7.82 Å². The smallest absolute Gasteiger partial charge is 0.507 e. The van der Waals surface area contributed by atoms with Crippen LogP contribution in [-0.2, 0) is 26.8 Å². The van der Waals surface area contributed by atoms with E-state index in [4.69, 9.17) is 33.0 Å². The summed E-state index contributed by atoms with van der Waals surface area (Å²) in [7, 11) is 6.84. The van der Waals surface area contributed by atoms with E-state index in [2.05, 4.69) is 9.97 Å². The SMILES string of the molecule is COc1ccc2nc(-c3ccccc3O)nc(N(C)C)c2c1.COc1ccc2nc(-c3ccccc3OP(=O)(OCc3ccccc3)OCc3ccccc3)nc(N(C)C)c2c1. The predicted octanol–water partition coefficient (Wildman–Crippen LogP) is 10.4. The van der Waals surface area contributed by atoms with Gasteiger partial charge in [-0.2, -0.15) is 0 Å². The number of methoxy groups -OCH3 is 2. The third-order valence-corrected chi connectivity index (χ3v) is 10.9. The molecular weight excluding hydrogens is 804 g/mol. The molecule has 0 fully saturated rings. The highest BCUT2D eigenvalue weighted by Crippen LogP contribution is 2.52. The molecule has 13 nitrogen and oxygen atoms in total. The van der Waals surface area contributed by atoms with Crippen molar-refractivity contribution in [2.24, 2.45) is 0 Å². The number of fused-ring (bicyclic) bond motifs is 2. The summed E-state index contributed by atoms with van der Waals surface area (Å²) in [6.45, 7) is 0.0995. The van der Waals surface area contributed by atoms with E-state index in [-0.39, 0.29) is 24.7 Å². The normalized spacial score (nSPS) is 11.1. The Morgan fingerprint density at radius 1 is 0.532 bits per heavy atom. The van der Waals surface area contributed by atoms with Gasteiger partial charge in [-0.15, -0.1) is 0 Å². The van der Waals surface area contributed by atoms with Gasteiger partial charge in [-0.05, 0) is 71.8 Å². The van der Waals surface area contributed by atoms with Crippen molar-refractivity contribution in [2.75, 3.05) is 52.2 Å². The van der Waals surface area contributed by atoms with E-state index < -0.39 is 7.82 Å². The summed E-state index contributed by atoms with van der Waals surface area (Å²) in [6.07, 6.45) is 0. The molecule has 0 radical (unpaired) electrons. The molecular formula is C48H47N6O7P. The van der Waals surface area contributed by atoms with Crippen LogP contribution in [0.2, 0.25) is 0 Å². The summed E-state index contributed by atoms with van der Waals surface area (Å²) >= 11 is 0. The molecule has 0 spiro atoms. The van der Waals surface area contributed by atoms with Gasteiger partial charge >= 0.3 is 7.82 Å².